The van der Waals surface area contributed by atoms with Crippen LogP contribution in [-0.4, -0.2) is 26.3 Å². The summed E-state index contributed by atoms with van der Waals surface area (Å²) in [6.45, 7) is 5.82. The minimum absolute atomic E-state index is 0.0248. The molecule has 2 heterocycles. The molecule has 0 aliphatic carbocycles. The van der Waals surface area contributed by atoms with Gasteiger partial charge in [0.15, 0.2) is 0 Å². The monoisotopic (exact) mass is 262 g/mol. The van der Waals surface area contributed by atoms with Crippen molar-refractivity contribution in [3.8, 4) is 5.88 Å². The van der Waals surface area contributed by atoms with E-state index in [9.17, 15) is 0 Å². The van der Waals surface area contributed by atoms with Gasteiger partial charge in [-0.1, -0.05) is 0 Å². The maximum atomic E-state index is 5.82. The van der Waals surface area contributed by atoms with Gasteiger partial charge >= 0.3 is 0 Å². The van der Waals surface area contributed by atoms with E-state index in [1.165, 1.54) is 6.33 Å². The minimum Gasteiger partial charge on any atom is -0.473 e. The number of H-pyrrole nitrogens is 1. The lowest BCUT2D eigenvalue weighted by Crippen LogP contribution is -2.12. The first kappa shape index (κ1) is 13.1. The van der Waals surface area contributed by atoms with Crippen LogP contribution in [0.15, 0.2) is 18.5 Å². The first-order chi connectivity index (χ1) is 9.06. The summed E-state index contributed by atoms with van der Waals surface area (Å²) < 4.78 is 5.55. The van der Waals surface area contributed by atoms with Crippen molar-refractivity contribution in [2.75, 3.05) is 11.1 Å². The van der Waals surface area contributed by atoms with Crippen LogP contribution in [-0.2, 0) is 0 Å². The fourth-order valence-corrected chi connectivity index (χ4v) is 1.56. The summed E-state index contributed by atoms with van der Waals surface area (Å²) in [5, 5.41) is 9.83. The van der Waals surface area contributed by atoms with Crippen LogP contribution in [0.2, 0.25) is 0 Å². The van der Waals surface area contributed by atoms with E-state index in [1.807, 2.05) is 20.8 Å². The van der Waals surface area contributed by atoms with Crippen LogP contribution in [0.4, 0.5) is 11.5 Å². The van der Waals surface area contributed by atoms with Crippen molar-refractivity contribution in [2.45, 2.75) is 32.9 Å². The maximum absolute atomic E-state index is 5.82. The number of pyridine rings is 1. The molecule has 2 aromatic heterocycles. The van der Waals surface area contributed by atoms with E-state index in [0.717, 1.165) is 5.82 Å². The molecule has 19 heavy (non-hydrogen) atoms. The van der Waals surface area contributed by atoms with E-state index >= 15 is 0 Å². The molecule has 0 bridgehead atoms. The zero-order valence-electron chi connectivity index (χ0n) is 11.2. The summed E-state index contributed by atoms with van der Waals surface area (Å²) >= 11 is 0. The van der Waals surface area contributed by atoms with E-state index in [-0.39, 0.29) is 12.1 Å². The third kappa shape index (κ3) is 3.34. The van der Waals surface area contributed by atoms with Gasteiger partial charge in [0, 0.05) is 0 Å². The molecule has 0 amide bonds. The number of ether oxygens (including phenoxy) is 1. The number of hydrogen-bond donors (Lipinski definition) is 3. The Kier molecular flexibility index (Phi) is 3.84. The first-order valence-electron chi connectivity index (χ1n) is 6.11. The van der Waals surface area contributed by atoms with E-state index in [2.05, 4.69) is 25.5 Å². The highest BCUT2D eigenvalue weighted by Crippen LogP contribution is 2.23. The topological polar surface area (TPSA) is 102 Å². The standard InChI is InChI=1S/C12H18N6O/c1-7(2)19-12-9(13)4-5-10(17-12)16-8(3)11-14-6-15-18-11/h4-8H,13H2,1-3H3,(H,16,17)(H,14,15,18). The molecule has 2 rings (SSSR count). The Balaban J connectivity index is 2.12. The summed E-state index contributed by atoms with van der Waals surface area (Å²) in [7, 11) is 0. The van der Waals surface area contributed by atoms with E-state index < -0.39 is 0 Å². The average Bonchev–Trinajstić information content (AvgIpc) is 2.86. The zero-order chi connectivity index (χ0) is 13.8. The van der Waals surface area contributed by atoms with Crippen LogP contribution in [0.5, 0.6) is 5.88 Å². The Bertz CT molecular complexity index is 525. The predicted molar refractivity (Wildman–Crippen MR) is 72.8 cm³/mol. The number of nitrogens with two attached hydrogens (primary N) is 1. The molecule has 0 aliphatic rings. The Labute approximate surface area is 111 Å². The molecule has 7 heteroatoms. The van der Waals surface area contributed by atoms with Crippen LogP contribution in [0, 0.1) is 0 Å². The second kappa shape index (κ2) is 5.55. The number of anilines is 2. The highest BCUT2D eigenvalue weighted by Gasteiger charge is 2.11. The van der Waals surface area contributed by atoms with Gasteiger partial charge in [0.1, 0.15) is 18.0 Å². The van der Waals surface area contributed by atoms with Crippen molar-refractivity contribution in [2.24, 2.45) is 0 Å². The SMILES string of the molecule is CC(C)Oc1nc(NC(C)c2ncn[nH]2)ccc1N. The lowest BCUT2D eigenvalue weighted by atomic mass is 10.3. The lowest BCUT2D eigenvalue weighted by Gasteiger charge is -2.15. The van der Waals surface area contributed by atoms with Gasteiger partial charge < -0.3 is 15.8 Å². The molecule has 1 unspecified atom stereocenters. The van der Waals surface area contributed by atoms with Gasteiger partial charge in [-0.2, -0.15) is 10.1 Å². The quantitative estimate of drug-likeness (QED) is 0.758. The molecule has 0 aliphatic heterocycles. The first-order valence-corrected chi connectivity index (χ1v) is 6.11. The van der Waals surface area contributed by atoms with Crippen LogP contribution in [0.25, 0.3) is 0 Å². The molecular formula is C12H18N6O. The fraction of sp³-hybridized carbons (Fsp3) is 0.417. The Morgan fingerprint density at radius 1 is 1.32 bits per heavy atom. The number of hydrogen-bond acceptors (Lipinski definition) is 6. The van der Waals surface area contributed by atoms with Gasteiger partial charge in [-0.05, 0) is 32.9 Å². The molecule has 0 saturated carbocycles. The summed E-state index contributed by atoms with van der Waals surface area (Å²) in [5.74, 6) is 1.85. The van der Waals surface area contributed by atoms with Crippen LogP contribution in [0.1, 0.15) is 32.6 Å². The van der Waals surface area contributed by atoms with Gasteiger partial charge in [0.2, 0.25) is 5.88 Å². The zero-order valence-corrected chi connectivity index (χ0v) is 11.2. The molecule has 0 aromatic carbocycles. The van der Waals surface area contributed by atoms with Crippen molar-refractivity contribution in [1.82, 2.24) is 20.2 Å². The highest BCUT2D eigenvalue weighted by atomic mass is 16.5. The summed E-state index contributed by atoms with van der Waals surface area (Å²) in [6.07, 6.45) is 1.49. The molecule has 0 saturated heterocycles. The largest absolute Gasteiger partial charge is 0.473 e. The molecule has 102 valence electrons. The second-order valence-corrected chi connectivity index (χ2v) is 4.49. The Morgan fingerprint density at radius 2 is 2.11 bits per heavy atom. The highest BCUT2D eigenvalue weighted by molar-refractivity contribution is 5.54. The van der Waals surface area contributed by atoms with Gasteiger partial charge in [-0.25, -0.2) is 4.98 Å². The molecule has 0 radical (unpaired) electrons. The van der Waals surface area contributed by atoms with Crippen molar-refractivity contribution < 1.29 is 4.74 Å². The smallest absolute Gasteiger partial charge is 0.239 e. The third-order valence-electron chi connectivity index (χ3n) is 2.45. The normalized spacial score (nSPS) is 12.4. The Hall–Kier alpha value is -2.31. The minimum atomic E-state index is -0.0366. The van der Waals surface area contributed by atoms with Crippen molar-refractivity contribution >= 4 is 11.5 Å². The van der Waals surface area contributed by atoms with E-state index in [4.69, 9.17) is 10.5 Å². The number of nitrogens with one attached hydrogen (secondary N) is 2. The second-order valence-electron chi connectivity index (χ2n) is 4.49. The van der Waals surface area contributed by atoms with Crippen LogP contribution in [0.3, 0.4) is 0 Å². The maximum Gasteiger partial charge on any atom is 0.239 e. The number of nitrogens with zero attached hydrogens (tertiary/aromatic N) is 3. The Morgan fingerprint density at radius 3 is 2.74 bits per heavy atom. The molecule has 2 aromatic rings. The van der Waals surface area contributed by atoms with Crippen molar-refractivity contribution in [3.05, 3.63) is 24.3 Å². The number of nitrogen functional groups attached to an aromatic ring is 1. The van der Waals surface area contributed by atoms with E-state index in [1.54, 1.807) is 12.1 Å². The van der Waals surface area contributed by atoms with E-state index in [0.29, 0.717) is 17.4 Å². The van der Waals surface area contributed by atoms with Crippen LogP contribution >= 0.6 is 0 Å². The lowest BCUT2D eigenvalue weighted by molar-refractivity contribution is 0.234. The predicted octanol–water partition coefficient (Wildman–Crippen LogP) is 1.74. The van der Waals surface area contributed by atoms with Crippen molar-refractivity contribution in [1.29, 1.82) is 0 Å². The summed E-state index contributed by atoms with van der Waals surface area (Å²) in [4.78, 5) is 8.43. The van der Waals surface area contributed by atoms with Gasteiger partial charge in [-0.3, -0.25) is 5.10 Å². The van der Waals surface area contributed by atoms with Crippen molar-refractivity contribution in [3.63, 3.8) is 0 Å². The molecular weight excluding hydrogens is 244 g/mol. The van der Waals surface area contributed by atoms with Gasteiger partial charge in [-0.15, -0.1) is 0 Å². The third-order valence-corrected chi connectivity index (χ3v) is 2.45. The molecule has 0 fully saturated rings. The number of aromatic nitrogens is 4. The summed E-state index contributed by atoms with van der Waals surface area (Å²) in [5.41, 5.74) is 6.34. The van der Waals surface area contributed by atoms with Gasteiger partial charge in [0.05, 0.1) is 17.8 Å². The molecule has 0 spiro atoms. The van der Waals surface area contributed by atoms with Gasteiger partial charge in [0.25, 0.3) is 0 Å². The molecule has 7 nitrogen and oxygen atoms in total. The number of rotatable bonds is 5. The fourth-order valence-electron chi connectivity index (χ4n) is 1.56. The summed E-state index contributed by atoms with van der Waals surface area (Å²) in [6, 6.07) is 3.53. The average molecular weight is 262 g/mol. The molecule has 1 atom stereocenters. The van der Waals surface area contributed by atoms with Crippen LogP contribution < -0.4 is 15.8 Å². The molecule has 4 N–H and O–H groups in total. The number of aromatic amines is 1.